The Morgan fingerprint density at radius 2 is 1.64 bits per heavy atom. The van der Waals surface area contributed by atoms with E-state index in [2.05, 4.69) is 11.1 Å². The van der Waals surface area contributed by atoms with E-state index in [1.807, 2.05) is 36.4 Å². The predicted molar refractivity (Wildman–Crippen MR) is 97.8 cm³/mol. The molecule has 0 unspecified atom stereocenters. The van der Waals surface area contributed by atoms with E-state index in [-0.39, 0.29) is 11.8 Å². The molecule has 1 aliphatic carbocycles. The molecule has 1 aliphatic heterocycles. The fourth-order valence-electron chi connectivity index (χ4n) is 3.65. The average molecular weight is 326 g/mol. The predicted octanol–water partition coefficient (Wildman–Crippen LogP) is 4.09. The van der Waals surface area contributed by atoms with Crippen molar-refractivity contribution >= 4 is 34.5 Å². The van der Waals surface area contributed by atoms with Gasteiger partial charge in [0.15, 0.2) is 0 Å². The van der Waals surface area contributed by atoms with Crippen LogP contribution in [0.2, 0.25) is 0 Å². The number of anilines is 1. The number of rotatable bonds is 1. The Kier molecular flexibility index (Phi) is 2.82. The van der Waals surface area contributed by atoms with Gasteiger partial charge in [0.1, 0.15) is 0 Å². The Morgan fingerprint density at radius 3 is 2.40 bits per heavy atom. The van der Waals surface area contributed by atoms with Crippen LogP contribution in [0.4, 0.5) is 5.69 Å². The molecule has 5 rings (SSSR count). The smallest absolute Gasteiger partial charge is 0.266 e. The quantitative estimate of drug-likeness (QED) is 0.685. The molecule has 0 saturated heterocycles. The van der Waals surface area contributed by atoms with Gasteiger partial charge in [-0.1, -0.05) is 42.5 Å². The molecule has 120 valence electrons. The molecule has 2 heterocycles. The summed E-state index contributed by atoms with van der Waals surface area (Å²) < 4.78 is 0. The van der Waals surface area contributed by atoms with E-state index in [4.69, 9.17) is 0 Å². The number of H-pyrrole nitrogens is 1. The first kappa shape index (κ1) is 14.0. The number of carbonyl (C=O) groups excluding carboxylic acids is 2. The summed E-state index contributed by atoms with van der Waals surface area (Å²) in [6.07, 6.45) is 8.94. The number of fused-ring (bicyclic) bond motifs is 4. The van der Waals surface area contributed by atoms with Crippen LogP contribution in [-0.4, -0.2) is 16.8 Å². The molecule has 0 radical (unpaired) electrons. The molecule has 2 aromatic carbocycles. The van der Waals surface area contributed by atoms with Gasteiger partial charge in [-0.2, -0.15) is 0 Å². The lowest BCUT2D eigenvalue weighted by Crippen LogP contribution is -2.29. The Bertz CT molecular complexity index is 1080. The minimum atomic E-state index is -0.270. The van der Waals surface area contributed by atoms with Gasteiger partial charge in [-0.05, 0) is 36.3 Å². The minimum absolute atomic E-state index is 0.270. The molecule has 25 heavy (non-hydrogen) atoms. The van der Waals surface area contributed by atoms with E-state index in [0.717, 1.165) is 23.0 Å². The first-order valence-electron chi connectivity index (χ1n) is 8.20. The van der Waals surface area contributed by atoms with E-state index in [1.54, 1.807) is 24.3 Å². The minimum Gasteiger partial charge on any atom is -0.353 e. The molecular formula is C21H14N2O2. The molecule has 1 aromatic heterocycles. The lowest BCUT2D eigenvalue weighted by molar-refractivity contribution is 0.0926. The molecule has 3 aromatic rings. The van der Waals surface area contributed by atoms with Gasteiger partial charge in [0.25, 0.3) is 11.8 Å². The van der Waals surface area contributed by atoms with Crippen molar-refractivity contribution < 1.29 is 9.59 Å². The van der Waals surface area contributed by atoms with Crippen molar-refractivity contribution in [2.45, 2.75) is 6.42 Å². The number of aromatic amines is 1. The van der Waals surface area contributed by atoms with E-state index in [9.17, 15) is 9.59 Å². The van der Waals surface area contributed by atoms with Gasteiger partial charge < -0.3 is 4.98 Å². The van der Waals surface area contributed by atoms with Crippen molar-refractivity contribution in [3.05, 3.63) is 83.1 Å². The summed E-state index contributed by atoms with van der Waals surface area (Å²) in [6, 6.07) is 12.7. The third kappa shape index (κ3) is 1.88. The highest BCUT2D eigenvalue weighted by atomic mass is 16.2. The van der Waals surface area contributed by atoms with Gasteiger partial charge in [-0.15, -0.1) is 0 Å². The highest BCUT2D eigenvalue weighted by molar-refractivity contribution is 6.35. The van der Waals surface area contributed by atoms with Gasteiger partial charge in [0.05, 0.1) is 22.3 Å². The molecule has 4 nitrogen and oxygen atoms in total. The highest BCUT2D eigenvalue weighted by Crippen LogP contribution is 2.36. The van der Waals surface area contributed by atoms with E-state index in [1.165, 1.54) is 10.5 Å². The van der Waals surface area contributed by atoms with E-state index >= 15 is 0 Å². The molecule has 0 atom stereocenters. The zero-order chi connectivity index (χ0) is 17.0. The van der Waals surface area contributed by atoms with Crippen molar-refractivity contribution in [2.75, 3.05) is 4.90 Å². The summed E-state index contributed by atoms with van der Waals surface area (Å²) in [5, 5.41) is 1.04. The second-order valence-corrected chi connectivity index (χ2v) is 6.20. The SMILES string of the molecule is O=C1c2ccccc2C(=O)N1c1cccc2c3c([nH]c12)C=CC=CC3. The van der Waals surface area contributed by atoms with Gasteiger partial charge in [0, 0.05) is 11.1 Å². The molecule has 2 aliphatic rings. The van der Waals surface area contributed by atoms with Crippen molar-refractivity contribution in [3.63, 3.8) is 0 Å². The Hall–Kier alpha value is -3.40. The maximum Gasteiger partial charge on any atom is 0.266 e. The number of nitrogens with zero attached hydrogens (tertiary/aromatic N) is 1. The lowest BCUT2D eigenvalue weighted by Gasteiger charge is -2.15. The van der Waals surface area contributed by atoms with Crippen LogP contribution in [0, 0.1) is 0 Å². The summed E-state index contributed by atoms with van der Waals surface area (Å²) in [7, 11) is 0. The summed E-state index contributed by atoms with van der Waals surface area (Å²) in [4.78, 5) is 30.3. The van der Waals surface area contributed by atoms with Gasteiger partial charge in [0.2, 0.25) is 0 Å². The van der Waals surface area contributed by atoms with Crippen molar-refractivity contribution in [1.82, 2.24) is 4.98 Å². The van der Waals surface area contributed by atoms with Crippen LogP contribution in [-0.2, 0) is 6.42 Å². The monoisotopic (exact) mass is 326 g/mol. The zero-order valence-corrected chi connectivity index (χ0v) is 13.3. The number of allylic oxidation sites excluding steroid dienone is 3. The first-order chi connectivity index (χ1) is 12.3. The summed E-state index contributed by atoms with van der Waals surface area (Å²) in [5.74, 6) is -0.540. The average Bonchev–Trinajstić information content (AvgIpc) is 2.99. The van der Waals surface area contributed by atoms with Gasteiger partial charge >= 0.3 is 0 Å². The summed E-state index contributed by atoms with van der Waals surface area (Å²) in [6.45, 7) is 0. The Balaban J connectivity index is 1.73. The molecule has 4 heteroatoms. The van der Waals surface area contributed by atoms with E-state index < -0.39 is 0 Å². The van der Waals surface area contributed by atoms with Crippen LogP contribution in [0.15, 0.2) is 60.7 Å². The molecular weight excluding hydrogens is 312 g/mol. The standard InChI is InChI=1S/C21H14N2O2/c24-20-15-8-4-5-9-16(15)21(25)23(20)18-12-6-10-14-13-7-2-1-3-11-17(13)22-19(14)18/h1-6,8-12,22H,7H2. The number of hydrogen-bond acceptors (Lipinski definition) is 2. The third-order valence-corrected chi connectivity index (χ3v) is 4.82. The second kappa shape index (κ2) is 5.05. The molecule has 1 N–H and O–H groups in total. The van der Waals surface area contributed by atoms with E-state index in [0.29, 0.717) is 16.8 Å². The number of benzene rings is 2. The molecule has 2 amide bonds. The van der Waals surface area contributed by atoms with Crippen LogP contribution in [0.5, 0.6) is 0 Å². The maximum atomic E-state index is 12.8. The maximum absolute atomic E-state index is 12.8. The fraction of sp³-hybridized carbons (Fsp3) is 0.0476. The van der Waals surface area contributed by atoms with Crippen LogP contribution in [0.3, 0.4) is 0 Å². The second-order valence-electron chi connectivity index (χ2n) is 6.20. The highest BCUT2D eigenvalue weighted by Gasteiger charge is 2.37. The number of imide groups is 1. The summed E-state index contributed by atoms with van der Waals surface area (Å²) in [5.41, 5.74) is 4.54. The summed E-state index contributed by atoms with van der Waals surface area (Å²) >= 11 is 0. The van der Waals surface area contributed by atoms with Crippen molar-refractivity contribution in [2.24, 2.45) is 0 Å². The Morgan fingerprint density at radius 1 is 0.880 bits per heavy atom. The normalized spacial score (nSPS) is 15.6. The Labute approximate surface area is 144 Å². The lowest BCUT2D eigenvalue weighted by atomic mass is 10.1. The molecule has 0 bridgehead atoms. The fourth-order valence-corrected chi connectivity index (χ4v) is 3.65. The van der Waals surface area contributed by atoms with Crippen molar-refractivity contribution in [1.29, 1.82) is 0 Å². The van der Waals surface area contributed by atoms with Crippen LogP contribution < -0.4 is 4.90 Å². The molecule has 0 fully saturated rings. The largest absolute Gasteiger partial charge is 0.353 e. The molecule has 0 saturated carbocycles. The number of amides is 2. The topological polar surface area (TPSA) is 53.2 Å². The number of hydrogen-bond donors (Lipinski definition) is 1. The van der Waals surface area contributed by atoms with Gasteiger partial charge in [-0.25, -0.2) is 4.90 Å². The number of carbonyl (C=O) groups is 2. The first-order valence-corrected chi connectivity index (χ1v) is 8.20. The van der Waals surface area contributed by atoms with Crippen molar-refractivity contribution in [3.8, 4) is 0 Å². The zero-order valence-electron chi connectivity index (χ0n) is 13.3. The number of nitrogens with one attached hydrogen (secondary N) is 1. The van der Waals surface area contributed by atoms with Crippen LogP contribution in [0.1, 0.15) is 32.0 Å². The van der Waals surface area contributed by atoms with Crippen LogP contribution >= 0.6 is 0 Å². The number of para-hydroxylation sites is 1. The molecule has 0 spiro atoms. The number of aromatic nitrogens is 1. The van der Waals surface area contributed by atoms with Gasteiger partial charge in [-0.3, -0.25) is 9.59 Å². The third-order valence-electron chi connectivity index (χ3n) is 4.82. The van der Waals surface area contributed by atoms with Crippen LogP contribution in [0.25, 0.3) is 17.0 Å².